The Labute approximate surface area is 146 Å². The van der Waals surface area contributed by atoms with Gasteiger partial charge in [-0.05, 0) is 49.4 Å². The highest BCUT2D eigenvalue weighted by atomic mass is 16.5. The van der Waals surface area contributed by atoms with Crippen LogP contribution in [0.2, 0.25) is 0 Å². The van der Waals surface area contributed by atoms with Gasteiger partial charge in [0.15, 0.2) is 5.82 Å². The summed E-state index contributed by atoms with van der Waals surface area (Å²) in [5, 5.41) is 8.41. The monoisotopic (exact) mass is 335 g/mol. The van der Waals surface area contributed by atoms with E-state index in [4.69, 9.17) is 4.52 Å². The minimum Gasteiger partial charge on any atom is -0.338 e. The van der Waals surface area contributed by atoms with Crippen molar-refractivity contribution >= 4 is 0 Å². The summed E-state index contributed by atoms with van der Waals surface area (Å²) >= 11 is 0. The summed E-state index contributed by atoms with van der Waals surface area (Å²) in [4.78, 5) is 7.03. The molecule has 0 N–H and O–H groups in total. The number of benzene rings is 1. The Morgan fingerprint density at radius 3 is 2.60 bits per heavy atom. The van der Waals surface area contributed by atoms with Gasteiger partial charge in [0.05, 0.1) is 12.2 Å². The third-order valence-electron chi connectivity index (χ3n) is 4.92. The highest BCUT2D eigenvalue weighted by Gasteiger charge is 2.32. The van der Waals surface area contributed by atoms with Gasteiger partial charge in [0.25, 0.3) is 0 Å². The molecular weight excluding hydrogens is 314 g/mol. The molecule has 0 saturated heterocycles. The largest absolute Gasteiger partial charge is 0.338 e. The Morgan fingerprint density at radius 2 is 1.92 bits per heavy atom. The zero-order valence-corrected chi connectivity index (χ0v) is 14.1. The van der Waals surface area contributed by atoms with Crippen molar-refractivity contribution in [2.75, 3.05) is 0 Å². The van der Waals surface area contributed by atoms with Crippen LogP contribution in [0.4, 0.5) is 0 Å². The van der Waals surface area contributed by atoms with E-state index in [-0.39, 0.29) is 0 Å². The topological polar surface area (TPSA) is 60.0 Å². The Balaban J connectivity index is 1.28. The van der Waals surface area contributed by atoms with Crippen molar-refractivity contribution in [2.45, 2.75) is 50.7 Å². The molecule has 5 rings (SSSR count). The summed E-state index contributed by atoms with van der Waals surface area (Å²) in [5.74, 6) is 2.19. The molecule has 1 aromatic carbocycles. The average Bonchev–Trinajstić information content (AvgIpc) is 3.56. The first-order valence-corrected chi connectivity index (χ1v) is 9.00. The molecule has 0 unspecified atom stereocenters. The molecule has 2 aliphatic rings. The van der Waals surface area contributed by atoms with Crippen molar-refractivity contribution < 1.29 is 4.52 Å². The van der Waals surface area contributed by atoms with Crippen LogP contribution in [0.1, 0.15) is 48.9 Å². The number of hydrogen-bond donors (Lipinski definition) is 0. The van der Waals surface area contributed by atoms with Gasteiger partial charge < -0.3 is 4.52 Å². The lowest BCUT2D eigenvalue weighted by atomic mass is 10.2. The Kier molecular flexibility index (Phi) is 3.63. The molecule has 0 radical (unpaired) electrons. The van der Waals surface area contributed by atoms with Gasteiger partial charge in [0.1, 0.15) is 0 Å². The maximum absolute atomic E-state index is 5.47. The van der Waals surface area contributed by atoms with Gasteiger partial charge in [-0.25, -0.2) is 4.68 Å². The van der Waals surface area contributed by atoms with Crippen molar-refractivity contribution in [1.82, 2.24) is 24.8 Å². The summed E-state index contributed by atoms with van der Waals surface area (Å²) < 4.78 is 7.34. The van der Waals surface area contributed by atoms with E-state index in [0.29, 0.717) is 12.0 Å². The predicted molar refractivity (Wildman–Crippen MR) is 92.1 cm³/mol. The van der Waals surface area contributed by atoms with Gasteiger partial charge in [-0.2, -0.15) is 10.1 Å². The zero-order valence-electron chi connectivity index (χ0n) is 14.1. The van der Waals surface area contributed by atoms with Crippen molar-refractivity contribution in [3.05, 3.63) is 60.0 Å². The lowest BCUT2D eigenvalue weighted by molar-refractivity contribution is 0.209. The van der Waals surface area contributed by atoms with Crippen LogP contribution < -0.4 is 0 Å². The van der Waals surface area contributed by atoms with Gasteiger partial charge in [-0.3, -0.25) is 4.90 Å². The van der Waals surface area contributed by atoms with Gasteiger partial charge in [-0.1, -0.05) is 17.3 Å². The molecular formula is C19H21N5O. The van der Waals surface area contributed by atoms with Crippen molar-refractivity contribution in [3.63, 3.8) is 0 Å². The molecule has 0 atom stereocenters. The van der Waals surface area contributed by atoms with Gasteiger partial charge >= 0.3 is 0 Å². The molecule has 128 valence electrons. The van der Waals surface area contributed by atoms with E-state index in [0.717, 1.165) is 30.5 Å². The summed E-state index contributed by atoms with van der Waals surface area (Å²) in [7, 11) is 0. The number of aromatic nitrogens is 4. The van der Waals surface area contributed by atoms with E-state index in [1.54, 1.807) is 6.20 Å². The normalized spacial score (nSPS) is 17.3. The summed E-state index contributed by atoms with van der Waals surface area (Å²) in [6, 6.07) is 11.2. The fraction of sp³-hybridized carbons (Fsp3) is 0.421. The predicted octanol–water partition coefficient (Wildman–Crippen LogP) is 3.30. The summed E-state index contributed by atoms with van der Waals surface area (Å²) in [6.45, 7) is 1.65. The summed E-state index contributed by atoms with van der Waals surface area (Å²) in [5.41, 5.74) is 2.38. The smallest absolute Gasteiger partial charge is 0.240 e. The van der Waals surface area contributed by atoms with Crippen LogP contribution in [-0.2, 0) is 13.1 Å². The molecule has 2 aromatic heterocycles. The first kappa shape index (κ1) is 14.8. The van der Waals surface area contributed by atoms with Crippen LogP contribution in [0.15, 0.2) is 47.2 Å². The lowest BCUT2D eigenvalue weighted by Crippen LogP contribution is -2.25. The highest BCUT2D eigenvalue weighted by Crippen LogP contribution is 2.38. The average molecular weight is 335 g/mol. The molecule has 2 heterocycles. The molecule has 2 fully saturated rings. The maximum atomic E-state index is 5.47. The first-order valence-electron chi connectivity index (χ1n) is 9.00. The maximum Gasteiger partial charge on any atom is 0.240 e. The number of hydrogen-bond acceptors (Lipinski definition) is 5. The fourth-order valence-electron chi connectivity index (χ4n) is 3.18. The van der Waals surface area contributed by atoms with Crippen LogP contribution in [0.5, 0.6) is 0 Å². The summed E-state index contributed by atoms with van der Waals surface area (Å²) in [6.07, 6.45) is 8.67. The minimum atomic E-state index is 0.543. The third-order valence-corrected chi connectivity index (χ3v) is 4.92. The Morgan fingerprint density at radius 1 is 1.08 bits per heavy atom. The molecule has 0 spiro atoms. The van der Waals surface area contributed by atoms with Crippen LogP contribution in [-0.4, -0.2) is 30.9 Å². The Bertz CT molecular complexity index is 831. The third kappa shape index (κ3) is 3.35. The lowest BCUT2D eigenvalue weighted by Gasteiger charge is -2.20. The number of rotatable bonds is 7. The molecule has 25 heavy (non-hydrogen) atoms. The van der Waals surface area contributed by atoms with E-state index >= 15 is 0 Å². The highest BCUT2D eigenvalue weighted by molar-refractivity contribution is 5.33. The van der Waals surface area contributed by atoms with E-state index in [2.05, 4.69) is 44.4 Å². The first-order chi connectivity index (χ1) is 12.3. The molecule has 2 aliphatic carbocycles. The second kappa shape index (κ2) is 6.11. The second-order valence-corrected chi connectivity index (χ2v) is 7.07. The molecule has 0 amide bonds. The second-order valence-electron chi connectivity index (χ2n) is 7.07. The van der Waals surface area contributed by atoms with Crippen molar-refractivity contribution in [2.24, 2.45) is 0 Å². The Hall–Kier alpha value is -2.47. The van der Waals surface area contributed by atoms with Crippen LogP contribution in [0.25, 0.3) is 5.69 Å². The molecule has 2 saturated carbocycles. The SMILES string of the molecule is c1cnn(-c2ccc(CN(Cc3nc(C4CC4)no3)C3CC3)cc2)c1. The van der Waals surface area contributed by atoms with E-state index < -0.39 is 0 Å². The zero-order chi connectivity index (χ0) is 16.6. The van der Waals surface area contributed by atoms with Crippen LogP contribution in [0, 0.1) is 0 Å². The van der Waals surface area contributed by atoms with Crippen molar-refractivity contribution in [1.29, 1.82) is 0 Å². The van der Waals surface area contributed by atoms with Gasteiger partial charge in [0, 0.05) is 30.9 Å². The van der Waals surface area contributed by atoms with Crippen molar-refractivity contribution in [3.8, 4) is 5.69 Å². The van der Waals surface area contributed by atoms with Crippen LogP contribution in [0.3, 0.4) is 0 Å². The molecule has 0 aliphatic heterocycles. The van der Waals surface area contributed by atoms with Gasteiger partial charge in [-0.15, -0.1) is 0 Å². The van der Waals surface area contributed by atoms with E-state index in [1.165, 1.54) is 31.2 Å². The van der Waals surface area contributed by atoms with E-state index in [1.807, 2.05) is 16.9 Å². The van der Waals surface area contributed by atoms with E-state index in [9.17, 15) is 0 Å². The van der Waals surface area contributed by atoms with Gasteiger partial charge in [0.2, 0.25) is 5.89 Å². The molecule has 3 aromatic rings. The standard InChI is InChI=1S/C19H21N5O/c1-10-20-24(11-1)17-6-2-14(3-7-17)12-23(16-8-9-16)13-18-21-19(22-25-18)15-4-5-15/h1-3,6-7,10-11,15-16H,4-5,8-9,12-13H2. The quantitative estimate of drug-likeness (QED) is 0.663. The fourth-order valence-corrected chi connectivity index (χ4v) is 3.18. The molecule has 6 heteroatoms. The van der Waals surface area contributed by atoms with Crippen LogP contribution >= 0.6 is 0 Å². The number of nitrogens with zero attached hydrogens (tertiary/aromatic N) is 5. The molecule has 0 bridgehead atoms. The molecule has 6 nitrogen and oxygen atoms in total. The minimum absolute atomic E-state index is 0.543.